The SMILES string of the molecule is CCOP1(=O)N=C(C2=C(O)c3ccccc3C(C)(CCC(C)C)C2=O)Nc2ccc(NS(C)(=O)=O)cc21. The molecule has 2 aromatic rings. The fourth-order valence-corrected chi connectivity index (χ4v) is 7.09. The number of rotatable bonds is 8. The van der Waals surface area contributed by atoms with Gasteiger partial charge < -0.3 is 14.9 Å². The Morgan fingerprint density at radius 3 is 2.57 bits per heavy atom. The number of ketones is 1. The van der Waals surface area contributed by atoms with Crippen molar-refractivity contribution >= 4 is 51.6 Å². The van der Waals surface area contributed by atoms with Gasteiger partial charge in [0, 0.05) is 11.3 Å². The Morgan fingerprint density at radius 2 is 1.92 bits per heavy atom. The van der Waals surface area contributed by atoms with Crippen molar-refractivity contribution in [2.24, 2.45) is 10.7 Å². The smallest absolute Gasteiger partial charge is 0.348 e. The second-order valence-electron chi connectivity index (χ2n) is 9.98. The minimum atomic E-state index is -3.94. The number of carbonyl (C=O) groups excluding carboxylic acids is 1. The molecule has 2 atom stereocenters. The first-order valence-corrected chi connectivity index (χ1v) is 15.6. The number of carbonyl (C=O) groups is 1. The minimum Gasteiger partial charge on any atom is -0.506 e. The lowest BCUT2D eigenvalue weighted by Crippen LogP contribution is -2.42. The van der Waals surface area contributed by atoms with Gasteiger partial charge in [-0.2, -0.15) is 4.76 Å². The zero-order valence-corrected chi connectivity index (χ0v) is 23.2. The van der Waals surface area contributed by atoms with Crippen LogP contribution in [0.25, 0.3) is 5.76 Å². The average Bonchev–Trinajstić information content (AvgIpc) is 2.81. The van der Waals surface area contributed by atoms with Crippen LogP contribution in [0.2, 0.25) is 0 Å². The summed E-state index contributed by atoms with van der Waals surface area (Å²) in [4.78, 5) is 14.1. The van der Waals surface area contributed by atoms with Gasteiger partial charge in [0.05, 0.1) is 29.3 Å². The Hall–Kier alpha value is -2.94. The summed E-state index contributed by atoms with van der Waals surface area (Å²) in [7, 11) is -7.51. The summed E-state index contributed by atoms with van der Waals surface area (Å²) in [6.07, 6.45) is 2.37. The molecule has 1 aliphatic carbocycles. The fraction of sp³-hybridized carbons (Fsp3) is 0.385. The highest BCUT2D eigenvalue weighted by atomic mass is 32.2. The van der Waals surface area contributed by atoms with Gasteiger partial charge in [-0.1, -0.05) is 38.1 Å². The van der Waals surface area contributed by atoms with Gasteiger partial charge in [0.25, 0.3) is 0 Å². The van der Waals surface area contributed by atoms with E-state index in [1.54, 1.807) is 25.1 Å². The number of aliphatic hydroxyl groups excluding tert-OH is 1. The van der Waals surface area contributed by atoms with Crippen molar-refractivity contribution in [3.05, 3.63) is 59.2 Å². The van der Waals surface area contributed by atoms with Crippen LogP contribution >= 0.6 is 7.52 Å². The largest absolute Gasteiger partial charge is 0.506 e. The Kier molecular flexibility index (Phi) is 7.14. The van der Waals surface area contributed by atoms with Crippen molar-refractivity contribution in [1.29, 1.82) is 0 Å². The molecule has 9 nitrogen and oxygen atoms in total. The fourth-order valence-electron chi connectivity index (χ4n) is 4.73. The van der Waals surface area contributed by atoms with Crippen LogP contribution in [0.1, 0.15) is 51.7 Å². The summed E-state index contributed by atoms with van der Waals surface area (Å²) in [6.45, 7) is 7.77. The Balaban J connectivity index is 1.88. The van der Waals surface area contributed by atoms with E-state index in [2.05, 4.69) is 28.6 Å². The standard InChI is InChI=1S/C26H32N3O6PS/c1-6-35-36(32)21-15-17(29-37(5,33)34)11-12-20(21)27-25(28-36)22-23(30)18-9-7-8-10-19(18)26(4,24(22)31)14-13-16(2)3/h7-12,15-16,29-30H,6,13-14H2,1-5H3,(H,27,28,32). The molecule has 2 unspecified atom stereocenters. The van der Waals surface area contributed by atoms with Gasteiger partial charge in [0.1, 0.15) is 17.2 Å². The lowest BCUT2D eigenvalue weighted by Gasteiger charge is -2.37. The van der Waals surface area contributed by atoms with E-state index >= 15 is 0 Å². The number of fused-ring (bicyclic) bond motifs is 2. The summed E-state index contributed by atoms with van der Waals surface area (Å²) in [5.41, 5.74) is 0.838. The highest BCUT2D eigenvalue weighted by Crippen LogP contribution is 2.53. The van der Waals surface area contributed by atoms with Gasteiger partial charge in [0.15, 0.2) is 5.78 Å². The number of aliphatic hydroxyl groups is 1. The predicted molar refractivity (Wildman–Crippen MR) is 147 cm³/mol. The van der Waals surface area contributed by atoms with Gasteiger partial charge in [-0.3, -0.25) is 14.1 Å². The first kappa shape index (κ1) is 27.1. The van der Waals surface area contributed by atoms with Crippen LogP contribution in [0, 0.1) is 5.92 Å². The van der Waals surface area contributed by atoms with Crippen molar-refractivity contribution in [2.75, 3.05) is 22.9 Å². The molecule has 37 heavy (non-hydrogen) atoms. The number of hydrogen-bond donors (Lipinski definition) is 3. The molecule has 0 saturated carbocycles. The second-order valence-corrected chi connectivity index (χ2v) is 13.7. The van der Waals surface area contributed by atoms with Crippen LogP contribution in [0.4, 0.5) is 11.4 Å². The van der Waals surface area contributed by atoms with Crippen molar-refractivity contribution in [1.82, 2.24) is 0 Å². The molecule has 0 spiro atoms. The highest BCUT2D eigenvalue weighted by molar-refractivity contribution is 7.92. The zero-order valence-electron chi connectivity index (χ0n) is 21.5. The summed E-state index contributed by atoms with van der Waals surface area (Å²) in [5.74, 6) is -0.237. The molecule has 0 bridgehead atoms. The van der Waals surface area contributed by atoms with Crippen LogP contribution in [0.3, 0.4) is 0 Å². The number of benzene rings is 2. The lowest BCUT2D eigenvalue weighted by molar-refractivity contribution is -0.120. The first-order valence-electron chi connectivity index (χ1n) is 12.1. The number of amidine groups is 1. The van der Waals surface area contributed by atoms with E-state index in [1.807, 2.05) is 19.1 Å². The molecular formula is C26H32N3O6PS. The third-order valence-electron chi connectivity index (χ3n) is 6.59. The van der Waals surface area contributed by atoms with Crippen molar-refractivity contribution in [2.45, 2.75) is 46.0 Å². The van der Waals surface area contributed by atoms with E-state index in [0.29, 0.717) is 23.6 Å². The van der Waals surface area contributed by atoms with Crippen LogP contribution in [0.5, 0.6) is 0 Å². The minimum absolute atomic E-state index is 0.0409. The second kappa shape index (κ2) is 9.74. The maximum absolute atomic E-state index is 14.1. The molecule has 1 aliphatic heterocycles. The summed E-state index contributed by atoms with van der Waals surface area (Å²) >= 11 is 0. The normalized spacial score (nSPS) is 23.3. The number of nitrogens with zero attached hydrogens (tertiary/aromatic N) is 1. The number of anilines is 2. The topological polar surface area (TPSA) is 134 Å². The average molecular weight is 546 g/mol. The van der Waals surface area contributed by atoms with Crippen LogP contribution in [-0.2, 0) is 29.3 Å². The molecule has 2 aromatic carbocycles. The highest BCUT2D eigenvalue weighted by Gasteiger charge is 2.47. The van der Waals surface area contributed by atoms with Gasteiger partial charge >= 0.3 is 7.52 Å². The van der Waals surface area contributed by atoms with Crippen molar-refractivity contribution in [3.63, 3.8) is 0 Å². The molecule has 2 aliphatic rings. The maximum Gasteiger partial charge on any atom is 0.348 e. The first-order chi connectivity index (χ1) is 17.3. The molecule has 0 aromatic heterocycles. The Labute approximate surface area is 217 Å². The number of Topliss-reactive ketones (excluding diaryl/α,β-unsaturated/α-hetero) is 1. The molecule has 0 fully saturated rings. The van der Waals surface area contributed by atoms with Gasteiger partial charge in [-0.05, 0) is 56.4 Å². The summed E-state index contributed by atoms with van der Waals surface area (Å²) < 4.78 is 49.8. The molecule has 11 heteroatoms. The molecule has 0 radical (unpaired) electrons. The monoisotopic (exact) mass is 545 g/mol. The van der Waals surface area contributed by atoms with E-state index in [1.165, 1.54) is 12.1 Å². The van der Waals surface area contributed by atoms with E-state index in [0.717, 1.165) is 18.2 Å². The number of hydrogen-bond acceptors (Lipinski definition) is 7. The van der Waals surface area contributed by atoms with E-state index in [-0.39, 0.29) is 40.5 Å². The van der Waals surface area contributed by atoms with Crippen LogP contribution in [0.15, 0.2) is 52.8 Å². The van der Waals surface area contributed by atoms with E-state index in [4.69, 9.17) is 4.52 Å². The van der Waals surface area contributed by atoms with E-state index < -0.39 is 23.0 Å². The molecule has 0 saturated heterocycles. The molecule has 198 valence electrons. The molecule has 4 rings (SSSR count). The van der Waals surface area contributed by atoms with Gasteiger partial charge in [0.2, 0.25) is 10.0 Å². The third-order valence-corrected chi connectivity index (χ3v) is 9.25. The van der Waals surface area contributed by atoms with Crippen molar-refractivity contribution < 1.29 is 27.4 Å². The molecule has 3 N–H and O–H groups in total. The Bertz CT molecular complexity index is 1480. The zero-order chi connectivity index (χ0) is 27.2. The summed E-state index contributed by atoms with van der Waals surface area (Å²) in [5, 5.41) is 14.5. The number of nitrogens with one attached hydrogen (secondary N) is 2. The lowest BCUT2D eigenvalue weighted by atomic mass is 9.66. The van der Waals surface area contributed by atoms with Gasteiger partial charge in [-0.25, -0.2) is 8.42 Å². The maximum atomic E-state index is 14.1. The number of sulfonamides is 1. The molecule has 0 amide bonds. The van der Waals surface area contributed by atoms with Crippen LogP contribution < -0.4 is 15.3 Å². The van der Waals surface area contributed by atoms with Gasteiger partial charge in [-0.15, -0.1) is 0 Å². The van der Waals surface area contributed by atoms with Crippen molar-refractivity contribution in [3.8, 4) is 0 Å². The predicted octanol–water partition coefficient (Wildman–Crippen LogP) is 4.98. The summed E-state index contributed by atoms with van der Waals surface area (Å²) in [6, 6.07) is 11.7. The quantitative estimate of drug-likeness (QED) is 0.398. The van der Waals surface area contributed by atoms with Crippen LogP contribution in [-0.4, -0.2) is 38.0 Å². The van der Waals surface area contributed by atoms with E-state index in [9.17, 15) is 22.9 Å². The molecular weight excluding hydrogens is 513 g/mol. The Morgan fingerprint density at radius 1 is 1.22 bits per heavy atom. The third kappa shape index (κ3) is 5.10. The molecule has 1 heterocycles.